The minimum absolute atomic E-state index is 0. The molecule has 0 aromatic rings. The predicted molar refractivity (Wildman–Crippen MR) is 52.4 cm³/mol. The smallest absolute Gasteiger partial charge is 1.00 e. The number of hydrogen-bond donors (Lipinski definition) is 3. The molecule has 0 aromatic heterocycles. The third kappa shape index (κ3) is 7.10. The maximum atomic E-state index is 8.97. The largest absolute Gasteiger partial charge is 1.00 e. The van der Waals surface area contributed by atoms with Crippen molar-refractivity contribution in [1.82, 2.24) is 0 Å². The van der Waals surface area contributed by atoms with E-state index in [1.54, 1.807) is 0 Å². The average molecular weight is 224 g/mol. The molecule has 0 atom stereocenters. The first kappa shape index (κ1) is 16.1. The maximum absolute atomic E-state index is 8.97. The van der Waals surface area contributed by atoms with Gasteiger partial charge in [-0.3, -0.25) is 0 Å². The van der Waals surface area contributed by atoms with Crippen LogP contribution in [0.4, 0.5) is 0 Å². The van der Waals surface area contributed by atoms with Gasteiger partial charge in [0.1, 0.15) is 0 Å². The van der Waals surface area contributed by atoms with E-state index < -0.39 is 16.8 Å². The molecule has 6 heteroatoms. The molecule has 0 fully saturated rings. The van der Waals surface area contributed by atoms with Gasteiger partial charge < -0.3 is 16.1 Å². The van der Waals surface area contributed by atoms with Gasteiger partial charge in [0.15, 0.2) is 0 Å². The summed E-state index contributed by atoms with van der Waals surface area (Å²) in [5.41, 5.74) is 0. The van der Waals surface area contributed by atoms with Crippen molar-refractivity contribution in [1.29, 1.82) is 0 Å². The van der Waals surface area contributed by atoms with Crippen molar-refractivity contribution in [2.45, 2.75) is 26.7 Å². The summed E-state index contributed by atoms with van der Waals surface area (Å²) >= 11 is 0. The zero-order valence-corrected chi connectivity index (χ0v) is 11.7. The summed E-state index contributed by atoms with van der Waals surface area (Å²) in [6, 6.07) is 0. The molecule has 0 heterocycles. The van der Waals surface area contributed by atoms with Crippen molar-refractivity contribution < 1.29 is 45.7 Å². The van der Waals surface area contributed by atoms with Gasteiger partial charge in [0, 0.05) is 0 Å². The van der Waals surface area contributed by atoms with Gasteiger partial charge in [0.25, 0.3) is 6.72 Å². The van der Waals surface area contributed by atoms with Gasteiger partial charge in [-0.05, 0) is 24.3 Å². The number of hydrogen-bond acceptors (Lipinski definition) is 0. The van der Waals surface area contributed by atoms with Crippen LogP contribution in [0.15, 0.2) is 0 Å². The van der Waals surface area contributed by atoms with E-state index in [0.717, 1.165) is 24.3 Å². The van der Waals surface area contributed by atoms with Crippen LogP contribution in [-0.4, -0.2) is 26.2 Å². The van der Waals surface area contributed by atoms with Gasteiger partial charge in [-0.1, -0.05) is 13.8 Å². The molecule has 72 valence electrons. The second-order valence-corrected chi connectivity index (χ2v) is 8.17. The quantitative estimate of drug-likeness (QED) is 0.390. The first-order valence-electron chi connectivity index (χ1n) is 3.77. The normalized spacial score (nSPS) is 11.5. The second kappa shape index (κ2) is 8.01. The molecule has 0 rings (SSSR count). The summed E-state index contributed by atoms with van der Waals surface area (Å²) < 4.78 is 0. The van der Waals surface area contributed by atoms with Gasteiger partial charge in [-0.15, -0.1) is 10.1 Å². The molecule has 0 unspecified atom stereocenters. The van der Waals surface area contributed by atoms with Crippen LogP contribution >= 0.6 is 6.72 Å². The van der Waals surface area contributed by atoms with Gasteiger partial charge in [0.05, 0.1) is 0 Å². The monoisotopic (exact) mass is 224 g/mol. The fourth-order valence-electron chi connectivity index (χ4n) is 0.818. The fourth-order valence-corrected chi connectivity index (χ4v) is 5.02. The van der Waals surface area contributed by atoms with Crippen LogP contribution in [0.2, 0.25) is 0 Å². The summed E-state index contributed by atoms with van der Waals surface area (Å²) in [4.78, 5) is 26.9. The van der Waals surface area contributed by atoms with Crippen LogP contribution in [-0.2, 0) is 10.1 Å². The van der Waals surface area contributed by atoms with Gasteiger partial charge in [0.2, 0.25) is 0 Å². The van der Waals surface area contributed by atoms with Gasteiger partial charge in [-0.25, -0.2) is 0 Å². The van der Waals surface area contributed by atoms with Gasteiger partial charge >= 0.3 is 29.6 Å². The molecular weight excluding hydrogens is 206 g/mol. The molecule has 0 radical (unpaired) electrons. The summed E-state index contributed by atoms with van der Waals surface area (Å²) in [6.07, 6.45) is 1.79. The Morgan fingerprint density at radius 1 is 1.08 bits per heavy atom. The van der Waals surface area contributed by atoms with E-state index in [2.05, 4.69) is 0 Å². The second-order valence-electron chi connectivity index (χ2n) is 2.38. The SMILES string of the molecule is CCCS(CCC)=P(O)(O)O.[H-].[Na+]. The summed E-state index contributed by atoms with van der Waals surface area (Å²) in [5, 5.41) is 0. The first-order chi connectivity index (χ1) is 5.02. The van der Waals surface area contributed by atoms with Crippen LogP contribution in [0.1, 0.15) is 28.1 Å². The molecule has 0 aliphatic heterocycles. The van der Waals surface area contributed by atoms with E-state index in [1.807, 2.05) is 13.8 Å². The zero-order valence-electron chi connectivity index (χ0n) is 9.03. The van der Waals surface area contributed by atoms with Crippen molar-refractivity contribution in [2.24, 2.45) is 0 Å². The third-order valence-electron chi connectivity index (χ3n) is 1.23. The van der Waals surface area contributed by atoms with Crippen LogP contribution in [0.3, 0.4) is 0 Å². The number of rotatable bonds is 4. The Morgan fingerprint density at radius 2 is 1.42 bits per heavy atom. The van der Waals surface area contributed by atoms with E-state index in [4.69, 9.17) is 14.7 Å². The Hall–Kier alpha value is 1.66. The Kier molecular flexibility index (Phi) is 10.7. The predicted octanol–water partition coefficient (Wildman–Crippen LogP) is -1.80. The first-order valence-corrected chi connectivity index (χ1v) is 7.59. The third-order valence-corrected chi connectivity index (χ3v) is 6.85. The molecule has 3 N–H and O–H groups in total. The zero-order chi connectivity index (χ0) is 8.91. The van der Waals surface area contributed by atoms with E-state index in [9.17, 15) is 0 Å². The van der Waals surface area contributed by atoms with Crippen molar-refractivity contribution >= 4 is 16.8 Å². The maximum Gasteiger partial charge on any atom is 1.00 e. The molecular formula is C6H18NaO3PS. The molecule has 0 amide bonds. The minimum Gasteiger partial charge on any atom is -1.00 e. The molecule has 0 aliphatic carbocycles. The Labute approximate surface area is 100 Å². The molecule has 0 saturated carbocycles. The summed E-state index contributed by atoms with van der Waals surface area (Å²) in [5.74, 6) is 1.45. The van der Waals surface area contributed by atoms with Crippen molar-refractivity contribution in [2.75, 3.05) is 11.5 Å². The molecule has 0 aromatic carbocycles. The van der Waals surface area contributed by atoms with Crippen molar-refractivity contribution in [3.05, 3.63) is 0 Å². The van der Waals surface area contributed by atoms with E-state index in [-0.39, 0.29) is 31.0 Å². The Balaban J connectivity index is -0.000000500. The van der Waals surface area contributed by atoms with Crippen molar-refractivity contribution in [3.8, 4) is 0 Å². The molecule has 12 heavy (non-hydrogen) atoms. The standard InChI is InChI=1S/C6H17O3PS.Na.H/c1-3-5-11(6-4-2)10(7,8)9;;/h7-9H,3-6H2,1-2H3;;/q;+1;-1. The Morgan fingerprint density at radius 3 is 1.58 bits per heavy atom. The topological polar surface area (TPSA) is 60.7 Å². The molecule has 0 saturated heterocycles. The van der Waals surface area contributed by atoms with E-state index in [1.165, 1.54) is 0 Å². The summed E-state index contributed by atoms with van der Waals surface area (Å²) in [6.45, 7) is 0.424. The minimum atomic E-state index is -3.53. The molecule has 0 bridgehead atoms. The van der Waals surface area contributed by atoms with Crippen molar-refractivity contribution in [3.63, 3.8) is 0 Å². The molecule has 0 aliphatic rings. The molecule has 0 spiro atoms. The Bertz CT molecular complexity index is 157. The van der Waals surface area contributed by atoms with Crippen LogP contribution in [0.25, 0.3) is 0 Å². The van der Waals surface area contributed by atoms with Crippen LogP contribution in [0, 0.1) is 0 Å². The van der Waals surface area contributed by atoms with E-state index in [0.29, 0.717) is 0 Å². The van der Waals surface area contributed by atoms with Crippen LogP contribution < -0.4 is 29.6 Å². The van der Waals surface area contributed by atoms with E-state index >= 15 is 0 Å². The van der Waals surface area contributed by atoms with Crippen LogP contribution in [0.5, 0.6) is 0 Å². The van der Waals surface area contributed by atoms with Gasteiger partial charge in [-0.2, -0.15) is 0 Å². The fraction of sp³-hybridized carbons (Fsp3) is 1.00. The summed E-state index contributed by atoms with van der Waals surface area (Å²) in [7, 11) is -0.564. The molecule has 3 nitrogen and oxygen atoms in total. The average Bonchev–Trinajstić information content (AvgIpc) is 1.85.